The van der Waals surface area contributed by atoms with Crippen LogP contribution in [-0.4, -0.2) is 15.5 Å². The van der Waals surface area contributed by atoms with Gasteiger partial charge in [0.1, 0.15) is 17.0 Å². The summed E-state index contributed by atoms with van der Waals surface area (Å²) in [5, 5.41) is 2.59. The summed E-state index contributed by atoms with van der Waals surface area (Å²) in [5.74, 6) is -1.21. The van der Waals surface area contributed by atoms with E-state index < -0.39 is 18.3 Å². The van der Waals surface area contributed by atoms with Crippen LogP contribution in [0.3, 0.4) is 0 Å². The van der Waals surface area contributed by atoms with Gasteiger partial charge < -0.3 is 0 Å². The number of rotatable bonds is 3. The molecule has 22 heavy (non-hydrogen) atoms. The number of thiazole rings is 1. The lowest BCUT2D eigenvalue weighted by Gasteiger charge is -2.09. The average Bonchev–Trinajstić information content (AvgIpc) is 3.02. The summed E-state index contributed by atoms with van der Waals surface area (Å²) in [6, 6.07) is 7.20. The molecule has 1 amide bonds. The Morgan fingerprint density at radius 1 is 1.32 bits per heavy atom. The van der Waals surface area contributed by atoms with Gasteiger partial charge in [0.15, 0.2) is 5.13 Å². The Balaban J connectivity index is 1.92. The fourth-order valence-corrected chi connectivity index (χ4v) is 3.00. The zero-order valence-corrected chi connectivity index (χ0v) is 12.1. The monoisotopic (exact) mass is 325 g/mol. The number of halogens is 3. The maximum Gasteiger partial charge on any atom is 0.319 e. The predicted molar refractivity (Wildman–Crippen MR) is 78.0 cm³/mol. The molecular formula is C14H10F3N3OS. The van der Waals surface area contributed by atoms with E-state index in [1.165, 1.54) is 31.2 Å². The second-order valence-corrected chi connectivity index (χ2v) is 5.60. The molecule has 114 valence electrons. The Kier molecular flexibility index (Phi) is 3.61. The summed E-state index contributed by atoms with van der Waals surface area (Å²) in [5.41, 5.74) is 0.242. The second kappa shape index (κ2) is 5.45. The summed E-state index contributed by atoms with van der Waals surface area (Å²) in [6.07, 6.45) is 0. The summed E-state index contributed by atoms with van der Waals surface area (Å²) >= 11 is 1.08. The second-order valence-electron chi connectivity index (χ2n) is 4.57. The molecule has 0 aliphatic carbocycles. The zero-order chi connectivity index (χ0) is 15.9. The van der Waals surface area contributed by atoms with E-state index in [1.807, 2.05) is 0 Å². The topological polar surface area (TPSA) is 46.9 Å². The molecule has 0 atom stereocenters. The molecule has 0 spiro atoms. The summed E-state index contributed by atoms with van der Waals surface area (Å²) < 4.78 is 40.7. The van der Waals surface area contributed by atoms with Gasteiger partial charge in [0.2, 0.25) is 0 Å². The van der Waals surface area contributed by atoms with Crippen molar-refractivity contribution in [2.75, 3.05) is 5.32 Å². The first-order valence-corrected chi connectivity index (χ1v) is 7.11. The number of benzene rings is 1. The van der Waals surface area contributed by atoms with E-state index in [4.69, 9.17) is 0 Å². The van der Waals surface area contributed by atoms with Gasteiger partial charge in [0.25, 0.3) is 5.91 Å². The molecule has 0 radical (unpaired) electrons. The van der Waals surface area contributed by atoms with Crippen LogP contribution in [0.15, 0.2) is 30.3 Å². The van der Waals surface area contributed by atoms with Crippen molar-refractivity contribution in [3.8, 4) is 0 Å². The Morgan fingerprint density at radius 3 is 2.77 bits per heavy atom. The third-order valence-corrected chi connectivity index (χ3v) is 4.08. The number of nitrogens with zero attached hydrogens (tertiary/aromatic N) is 2. The molecule has 3 rings (SSSR count). The number of alkyl halides is 2. The number of nitrogens with one attached hydrogen (secondary N) is 1. The molecule has 0 saturated carbocycles. The number of para-hydroxylation sites is 1. The molecule has 0 bridgehead atoms. The first kappa shape index (κ1) is 14.6. The van der Waals surface area contributed by atoms with E-state index >= 15 is 0 Å². The van der Waals surface area contributed by atoms with Gasteiger partial charge in [0, 0.05) is 5.69 Å². The van der Waals surface area contributed by atoms with Crippen LogP contribution in [0.5, 0.6) is 0 Å². The minimum atomic E-state index is -2.82. The predicted octanol–water partition coefficient (Wildman–Crippen LogP) is 4.19. The van der Waals surface area contributed by atoms with E-state index in [2.05, 4.69) is 10.3 Å². The van der Waals surface area contributed by atoms with Gasteiger partial charge in [-0.25, -0.2) is 9.37 Å². The number of hydrogen-bond donors (Lipinski definition) is 1. The molecular weight excluding hydrogens is 315 g/mol. The molecule has 4 nitrogen and oxygen atoms in total. The standard InChI is InChI=1S/C14H10F3N3OS/c1-7-5-6-9(20(7)13(16)17)12(21)19-14-18-11-8(15)3-2-4-10(11)22-14/h2-6,13H,1H3,(H,18,19,21). The molecule has 1 aromatic carbocycles. The van der Waals surface area contributed by atoms with Crippen LogP contribution < -0.4 is 5.32 Å². The Labute approximate surface area is 127 Å². The van der Waals surface area contributed by atoms with E-state index in [0.29, 0.717) is 9.27 Å². The number of carbonyl (C=O) groups excluding carboxylic acids is 1. The maximum atomic E-state index is 13.6. The molecule has 0 saturated heterocycles. The van der Waals surface area contributed by atoms with Crippen LogP contribution >= 0.6 is 11.3 Å². The Morgan fingerprint density at radius 2 is 2.09 bits per heavy atom. The van der Waals surface area contributed by atoms with Crippen LogP contribution in [0.4, 0.5) is 18.3 Å². The van der Waals surface area contributed by atoms with Gasteiger partial charge in [-0.1, -0.05) is 17.4 Å². The minimum Gasteiger partial charge on any atom is -0.297 e. The van der Waals surface area contributed by atoms with E-state index in [0.717, 1.165) is 11.3 Å². The highest BCUT2D eigenvalue weighted by Gasteiger charge is 2.20. The molecule has 2 heterocycles. The van der Waals surface area contributed by atoms with Crippen LogP contribution in [0.1, 0.15) is 22.7 Å². The van der Waals surface area contributed by atoms with Crippen LogP contribution in [0.25, 0.3) is 10.2 Å². The number of amides is 1. The molecule has 1 N–H and O–H groups in total. The average molecular weight is 325 g/mol. The van der Waals surface area contributed by atoms with Crippen molar-refractivity contribution in [2.24, 2.45) is 0 Å². The molecule has 0 aliphatic heterocycles. The zero-order valence-electron chi connectivity index (χ0n) is 11.3. The largest absolute Gasteiger partial charge is 0.319 e. The molecule has 8 heteroatoms. The van der Waals surface area contributed by atoms with E-state index in [-0.39, 0.29) is 22.0 Å². The number of anilines is 1. The number of carbonyl (C=O) groups is 1. The van der Waals surface area contributed by atoms with Crippen molar-refractivity contribution >= 4 is 32.6 Å². The number of hydrogen-bond acceptors (Lipinski definition) is 3. The van der Waals surface area contributed by atoms with Crippen molar-refractivity contribution in [2.45, 2.75) is 13.5 Å². The fraction of sp³-hybridized carbons (Fsp3) is 0.143. The Hall–Kier alpha value is -2.35. The van der Waals surface area contributed by atoms with Crippen molar-refractivity contribution in [1.29, 1.82) is 0 Å². The number of fused-ring (bicyclic) bond motifs is 1. The van der Waals surface area contributed by atoms with Crippen molar-refractivity contribution in [3.63, 3.8) is 0 Å². The minimum absolute atomic E-state index is 0.142. The van der Waals surface area contributed by atoms with E-state index in [1.54, 1.807) is 6.07 Å². The van der Waals surface area contributed by atoms with E-state index in [9.17, 15) is 18.0 Å². The van der Waals surface area contributed by atoms with Gasteiger partial charge in [-0.3, -0.25) is 14.7 Å². The molecule has 0 fully saturated rings. The summed E-state index contributed by atoms with van der Waals surface area (Å²) in [6.45, 7) is -1.33. The fourth-order valence-electron chi connectivity index (χ4n) is 2.12. The quantitative estimate of drug-likeness (QED) is 0.785. The number of aryl methyl sites for hydroxylation is 1. The highest BCUT2D eigenvalue weighted by Crippen LogP contribution is 2.28. The van der Waals surface area contributed by atoms with Crippen molar-refractivity contribution in [1.82, 2.24) is 9.55 Å². The van der Waals surface area contributed by atoms with Gasteiger partial charge in [-0.05, 0) is 31.2 Å². The molecule has 2 aromatic heterocycles. The van der Waals surface area contributed by atoms with Crippen LogP contribution in [-0.2, 0) is 0 Å². The van der Waals surface area contributed by atoms with Crippen molar-refractivity contribution < 1.29 is 18.0 Å². The molecule has 0 unspecified atom stereocenters. The highest BCUT2D eigenvalue weighted by molar-refractivity contribution is 7.22. The SMILES string of the molecule is Cc1ccc(C(=O)Nc2nc3c(F)cccc3s2)n1C(F)F. The van der Waals surface area contributed by atoms with Crippen LogP contribution in [0.2, 0.25) is 0 Å². The molecule has 3 aromatic rings. The lowest BCUT2D eigenvalue weighted by molar-refractivity contribution is 0.0632. The first-order valence-electron chi connectivity index (χ1n) is 6.30. The Bertz CT molecular complexity index is 856. The van der Waals surface area contributed by atoms with Gasteiger partial charge in [-0.15, -0.1) is 0 Å². The lowest BCUT2D eigenvalue weighted by atomic mass is 10.3. The third-order valence-electron chi connectivity index (χ3n) is 3.14. The smallest absolute Gasteiger partial charge is 0.297 e. The van der Waals surface area contributed by atoms with Crippen LogP contribution in [0, 0.1) is 12.7 Å². The highest BCUT2D eigenvalue weighted by atomic mass is 32.1. The summed E-state index contributed by atoms with van der Waals surface area (Å²) in [4.78, 5) is 16.1. The van der Waals surface area contributed by atoms with Gasteiger partial charge in [-0.2, -0.15) is 8.78 Å². The first-order chi connectivity index (χ1) is 10.5. The maximum absolute atomic E-state index is 13.6. The molecule has 0 aliphatic rings. The normalized spacial score (nSPS) is 11.3. The van der Waals surface area contributed by atoms with Crippen molar-refractivity contribution in [3.05, 3.63) is 47.5 Å². The number of aromatic nitrogens is 2. The summed E-state index contributed by atoms with van der Waals surface area (Å²) in [7, 11) is 0. The third kappa shape index (κ3) is 2.45. The lowest BCUT2D eigenvalue weighted by Crippen LogP contribution is -2.18. The van der Waals surface area contributed by atoms with Gasteiger partial charge in [0.05, 0.1) is 4.70 Å². The van der Waals surface area contributed by atoms with Gasteiger partial charge >= 0.3 is 6.55 Å².